The van der Waals surface area contributed by atoms with E-state index in [2.05, 4.69) is 44.9 Å². The van der Waals surface area contributed by atoms with Crippen molar-refractivity contribution in [3.8, 4) is 0 Å². The van der Waals surface area contributed by atoms with Gasteiger partial charge in [0.15, 0.2) is 0 Å². The van der Waals surface area contributed by atoms with E-state index in [4.69, 9.17) is 11.5 Å². The topological polar surface area (TPSA) is 55.3 Å². The molecule has 4 N–H and O–H groups in total. The number of benzene rings is 1. The highest BCUT2D eigenvalue weighted by Gasteiger charge is 2.09. The van der Waals surface area contributed by atoms with E-state index in [0.717, 1.165) is 6.54 Å². The molecule has 0 heterocycles. The molecule has 90 valence electrons. The highest BCUT2D eigenvalue weighted by Crippen LogP contribution is 2.23. The van der Waals surface area contributed by atoms with E-state index < -0.39 is 0 Å². The molecule has 0 radical (unpaired) electrons. The average Bonchev–Trinajstić information content (AvgIpc) is 2.23. The summed E-state index contributed by atoms with van der Waals surface area (Å²) in [5, 5.41) is 0. The second-order valence-corrected chi connectivity index (χ2v) is 4.60. The van der Waals surface area contributed by atoms with Crippen LogP contribution in [0.15, 0.2) is 12.1 Å². The van der Waals surface area contributed by atoms with Gasteiger partial charge in [0.05, 0.1) is 0 Å². The first-order chi connectivity index (χ1) is 7.45. The average molecular weight is 221 g/mol. The van der Waals surface area contributed by atoms with Gasteiger partial charge < -0.3 is 16.4 Å². The Kier molecular flexibility index (Phi) is 4.33. The maximum atomic E-state index is 5.86. The van der Waals surface area contributed by atoms with Gasteiger partial charge in [-0.05, 0) is 43.5 Å². The molecule has 1 aromatic carbocycles. The van der Waals surface area contributed by atoms with Crippen LogP contribution < -0.4 is 16.4 Å². The minimum Gasteiger partial charge on any atom is -0.373 e. The summed E-state index contributed by atoms with van der Waals surface area (Å²) in [6.07, 6.45) is 0. The normalized spacial score (nSPS) is 12.6. The van der Waals surface area contributed by atoms with Crippen LogP contribution in [0.5, 0.6) is 0 Å². The summed E-state index contributed by atoms with van der Waals surface area (Å²) < 4.78 is 0. The maximum Gasteiger partial charge on any atom is 0.0396 e. The summed E-state index contributed by atoms with van der Waals surface area (Å²) in [7, 11) is 2.06. The summed E-state index contributed by atoms with van der Waals surface area (Å²) in [6, 6.07) is 4.47. The number of nitrogens with two attached hydrogens (primary N) is 2. The standard InChI is InChI=1S/C13H23N3/c1-9-5-11(3)13(6-10(9)2)16(4)8-12(15)7-14/h5-6,12H,7-8,14-15H2,1-4H3. The molecule has 0 fully saturated rings. The molecule has 0 aromatic heterocycles. The molecule has 3 heteroatoms. The van der Waals surface area contributed by atoms with Crippen molar-refractivity contribution in [3.05, 3.63) is 28.8 Å². The number of anilines is 1. The third kappa shape index (κ3) is 2.97. The van der Waals surface area contributed by atoms with Crippen molar-refractivity contribution >= 4 is 5.69 Å². The zero-order chi connectivity index (χ0) is 12.3. The zero-order valence-corrected chi connectivity index (χ0v) is 10.7. The molecule has 1 rings (SSSR count). The minimum absolute atomic E-state index is 0.0333. The van der Waals surface area contributed by atoms with Crippen LogP contribution >= 0.6 is 0 Å². The Morgan fingerprint density at radius 3 is 2.25 bits per heavy atom. The molecule has 0 aliphatic rings. The van der Waals surface area contributed by atoms with Crippen molar-refractivity contribution < 1.29 is 0 Å². The van der Waals surface area contributed by atoms with Crippen LogP contribution in [0.3, 0.4) is 0 Å². The fraction of sp³-hybridized carbons (Fsp3) is 0.538. The molecule has 1 unspecified atom stereocenters. The van der Waals surface area contributed by atoms with Crippen LogP contribution in [-0.2, 0) is 0 Å². The summed E-state index contributed by atoms with van der Waals surface area (Å²) in [5.41, 5.74) is 16.6. The van der Waals surface area contributed by atoms with Gasteiger partial charge in [-0.15, -0.1) is 0 Å². The first kappa shape index (κ1) is 13.0. The van der Waals surface area contributed by atoms with Crippen molar-refractivity contribution in [2.45, 2.75) is 26.8 Å². The largest absolute Gasteiger partial charge is 0.373 e. The lowest BCUT2D eigenvalue weighted by molar-refractivity contribution is 0.667. The van der Waals surface area contributed by atoms with Gasteiger partial charge in [0.2, 0.25) is 0 Å². The Bertz CT molecular complexity index is 360. The third-order valence-electron chi connectivity index (χ3n) is 3.03. The number of aryl methyl sites for hydroxylation is 3. The van der Waals surface area contributed by atoms with E-state index in [1.54, 1.807) is 0 Å². The number of nitrogens with zero attached hydrogens (tertiary/aromatic N) is 1. The van der Waals surface area contributed by atoms with Crippen molar-refractivity contribution in [2.75, 3.05) is 25.0 Å². The molecule has 1 atom stereocenters. The van der Waals surface area contributed by atoms with Gasteiger partial charge in [-0.2, -0.15) is 0 Å². The molecule has 0 saturated heterocycles. The van der Waals surface area contributed by atoms with E-state index >= 15 is 0 Å². The smallest absolute Gasteiger partial charge is 0.0396 e. The Labute approximate surface area is 98.4 Å². The first-order valence-corrected chi connectivity index (χ1v) is 5.70. The number of hydrogen-bond acceptors (Lipinski definition) is 3. The van der Waals surface area contributed by atoms with E-state index in [9.17, 15) is 0 Å². The van der Waals surface area contributed by atoms with E-state index in [0.29, 0.717) is 6.54 Å². The number of rotatable bonds is 4. The van der Waals surface area contributed by atoms with Gasteiger partial charge in [0.25, 0.3) is 0 Å². The summed E-state index contributed by atoms with van der Waals surface area (Å²) in [6.45, 7) is 7.72. The lowest BCUT2D eigenvalue weighted by atomic mass is 10.0. The van der Waals surface area contributed by atoms with Gasteiger partial charge in [-0.25, -0.2) is 0 Å². The van der Waals surface area contributed by atoms with Gasteiger partial charge >= 0.3 is 0 Å². The van der Waals surface area contributed by atoms with E-state index in [1.165, 1.54) is 22.4 Å². The fourth-order valence-electron chi connectivity index (χ4n) is 1.88. The van der Waals surface area contributed by atoms with Crippen LogP contribution in [0.1, 0.15) is 16.7 Å². The molecule has 0 aliphatic carbocycles. The van der Waals surface area contributed by atoms with Crippen LogP contribution in [0.2, 0.25) is 0 Å². The second-order valence-electron chi connectivity index (χ2n) is 4.60. The van der Waals surface area contributed by atoms with E-state index in [-0.39, 0.29) is 6.04 Å². The SMILES string of the molecule is Cc1cc(C)c(N(C)CC(N)CN)cc1C. The zero-order valence-electron chi connectivity index (χ0n) is 10.7. The van der Waals surface area contributed by atoms with Crippen molar-refractivity contribution in [1.29, 1.82) is 0 Å². The molecular formula is C13H23N3. The molecule has 0 bridgehead atoms. The Morgan fingerprint density at radius 1 is 1.12 bits per heavy atom. The third-order valence-corrected chi connectivity index (χ3v) is 3.03. The van der Waals surface area contributed by atoms with Crippen molar-refractivity contribution in [2.24, 2.45) is 11.5 Å². The number of likely N-dealkylation sites (N-methyl/N-ethyl adjacent to an activating group) is 1. The quantitative estimate of drug-likeness (QED) is 0.806. The van der Waals surface area contributed by atoms with Crippen molar-refractivity contribution in [3.63, 3.8) is 0 Å². The molecule has 16 heavy (non-hydrogen) atoms. The maximum absolute atomic E-state index is 5.86. The van der Waals surface area contributed by atoms with Crippen molar-refractivity contribution in [1.82, 2.24) is 0 Å². The number of hydrogen-bond donors (Lipinski definition) is 2. The Hall–Kier alpha value is -1.06. The second kappa shape index (κ2) is 5.32. The molecule has 3 nitrogen and oxygen atoms in total. The molecule has 0 amide bonds. The fourth-order valence-corrected chi connectivity index (χ4v) is 1.88. The van der Waals surface area contributed by atoms with Crippen LogP contribution in [0.25, 0.3) is 0 Å². The first-order valence-electron chi connectivity index (χ1n) is 5.70. The van der Waals surface area contributed by atoms with Crippen LogP contribution in [0.4, 0.5) is 5.69 Å². The predicted octanol–water partition coefficient (Wildman–Crippen LogP) is 1.33. The summed E-state index contributed by atoms with van der Waals surface area (Å²) in [4.78, 5) is 2.18. The van der Waals surface area contributed by atoms with Crippen LogP contribution in [-0.4, -0.2) is 26.2 Å². The molecule has 0 aliphatic heterocycles. The highest BCUT2D eigenvalue weighted by molar-refractivity contribution is 5.56. The van der Waals surface area contributed by atoms with Gasteiger partial charge in [-0.1, -0.05) is 6.07 Å². The molecule has 0 saturated carbocycles. The molecular weight excluding hydrogens is 198 g/mol. The minimum atomic E-state index is 0.0333. The lowest BCUT2D eigenvalue weighted by Crippen LogP contribution is -2.40. The summed E-state index contributed by atoms with van der Waals surface area (Å²) >= 11 is 0. The Balaban J connectivity index is 2.91. The monoisotopic (exact) mass is 221 g/mol. The highest BCUT2D eigenvalue weighted by atomic mass is 15.1. The van der Waals surface area contributed by atoms with Gasteiger partial charge in [-0.3, -0.25) is 0 Å². The predicted molar refractivity (Wildman–Crippen MR) is 71.0 cm³/mol. The molecule has 0 spiro atoms. The van der Waals surface area contributed by atoms with E-state index in [1.807, 2.05) is 0 Å². The lowest BCUT2D eigenvalue weighted by Gasteiger charge is -2.25. The van der Waals surface area contributed by atoms with Gasteiger partial charge in [0.1, 0.15) is 0 Å². The Morgan fingerprint density at radius 2 is 1.69 bits per heavy atom. The van der Waals surface area contributed by atoms with Gasteiger partial charge in [0, 0.05) is 31.9 Å². The molecule has 1 aromatic rings. The summed E-state index contributed by atoms with van der Waals surface area (Å²) in [5.74, 6) is 0. The van der Waals surface area contributed by atoms with Crippen LogP contribution in [0, 0.1) is 20.8 Å².